The third-order valence-electron chi connectivity index (χ3n) is 6.84. The summed E-state index contributed by atoms with van der Waals surface area (Å²) >= 11 is 0. The molecule has 0 aromatic heterocycles. The van der Waals surface area contributed by atoms with E-state index >= 15 is 0 Å². The van der Waals surface area contributed by atoms with Gasteiger partial charge in [0.15, 0.2) is 0 Å². The first-order valence-corrected chi connectivity index (χ1v) is 12.9. The van der Waals surface area contributed by atoms with Gasteiger partial charge in [0.05, 0.1) is 19.3 Å². The molecule has 0 spiro atoms. The summed E-state index contributed by atoms with van der Waals surface area (Å²) in [6, 6.07) is 20.3. The number of hydrogen-bond donors (Lipinski definition) is 1. The van der Waals surface area contributed by atoms with Gasteiger partial charge in [-0.15, -0.1) is 0 Å². The molecule has 0 saturated heterocycles. The van der Waals surface area contributed by atoms with Crippen LogP contribution >= 0.6 is 0 Å². The monoisotopic (exact) mass is 487 g/mol. The molecule has 0 aliphatic carbocycles. The first-order chi connectivity index (χ1) is 17.4. The van der Waals surface area contributed by atoms with Crippen LogP contribution in [0.2, 0.25) is 0 Å². The van der Waals surface area contributed by atoms with Crippen molar-refractivity contribution >= 4 is 5.97 Å². The molecule has 5 heteroatoms. The third-order valence-corrected chi connectivity index (χ3v) is 6.84. The lowest BCUT2D eigenvalue weighted by molar-refractivity contribution is 0.0696. The normalized spacial score (nSPS) is 15.0. The minimum absolute atomic E-state index is 0.290. The molecule has 36 heavy (non-hydrogen) atoms. The number of fused-ring (bicyclic) bond motifs is 3. The van der Waals surface area contributed by atoms with E-state index < -0.39 is 5.97 Å². The smallest absolute Gasteiger partial charge is 0.335 e. The Hall–Kier alpha value is -3.31. The lowest BCUT2D eigenvalue weighted by Gasteiger charge is -2.25. The third kappa shape index (κ3) is 6.67. The fraction of sp³-hybridized carbons (Fsp3) is 0.387. The van der Waals surface area contributed by atoms with Crippen LogP contribution in [0.3, 0.4) is 0 Å². The van der Waals surface area contributed by atoms with Crippen LogP contribution in [-0.2, 0) is 19.5 Å². The van der Waals surface area contributed by atoms with Gasteiger partial charge < -0.3 is 14.6 Å². The van der Waals surface area contributed by atoms with Crippen molar-refractivity contribution in [2.75, 3.05) is 20.3 Å². The van der Waals surface area contributed by atoms with Gasteiger partial charge in [0.1, 0.15) is 11.5 Å². The molecule has 2 bridgehead atoms. The van der Waals surface area contributed by atoms with Crippen LogP contribution in [0.25, 0.3) is 0 Å². The minimum atomic E-state index is -0.918. The van der Waals surface area contributed by atoms with Crippen molar-refractivity contribution in [2.24, 2.45) is 0 Å². The molecule has 4 rings (SSSR count). The van der Waals surface area contributed by atoms with Crippen LogP contribution in [0.15, 0.2) is 60.7 Å². The van der Waals surface area contributed by atoms with E-state index in [1.54, 1.807) is 25.3 Å². The zero-order valence-electron chi connectivity index (χ0n) is 21.6. The molecule has 3 aromatic carbocycles. The van der Waals surface area contributed by atoms with E-state index in [4.69, 9.17) is 9.47 Å². The minimum Gasteiger partial charge on any atom is -0.496 e. The van der Waals surface area contributed by atoms with Crippen molar-refractivity contribution in [1.82, 2.24) is 4.90 Å². The number of benzene rings is 3. The Labute approximate surface area is 214 Å². The molecule has 1 aliphatic heterocycles. The number of ether oxygens (including phenoxy) is 2. The highest BCUT2D eigenvalue weighted by Crippen LogP contribution is 2.28. The van der Waals surface area contributed by atoms with E-state index in [1.165, 1.54) is 16.7 Å². The van der Waals surface area contributed by atoms with E-state index in [1.807, 2.05) is 0 Å². The van der Waals surface area contributed by atoms with Crippen molar-refractivity contribution in [3.8, 4) is 11.5 Å². The van der Waals surface area contributed by atoms with Gasteiger partial charge in [-0.2, -0.15) is 0 Å². The highest BCUT2D eigenvalue weighted by Gasteiger charge is 2.15. The first-order valence-electron chi connectivity index (χ1n) is 12.9. The van der Waals surface area contributed by atoms with Gasteiger partial charge in [-0.05, 0) is 78.2 Å². The van der Waals surface area contributed by atoms with Gasteiger partial charge in [0, 0.05) is 25.1 Å². The predicted octanol–water partition coefficient (Wildman–Crippen LogP) is 6.67. The Morgan fingerprint density at radius 1 is 1.03 bits per heavy atom. The Kier molecular flexibility index (Phi) is 8.65. The molecule has 0 unspecified atom stereocenters. The second-order valence-electron chi connectivity index (χ2n) is 9.97. The average Bonchev–Trinajstić information content (AvgIpc) is 2.86. The fourth-order valence-corrected chi connectivity index (χ4v) is 4.84. The summed E-state index contributed by atoms with van der Waals surface area (Å²) < 4.78 is 11.8. The van der Waals surface area contributed by atoms with Crippen LogP contribution in [0.4, 0.5) is 0 Å². The predicted molar refractivity (Wildman–Crippen MR) is 143 cm³/mol. The van der Waals surface area contributed by atoms with Crippen molar-refractivity contribution in [3.05, 3.63) is 94.0 Å². The lowest BCUT2D eigenvalue weighted by atomic mass is 9.99. The number of methoxy groups -OCH3 is 1. The second-order valence-corrected chi connectivity index (χ2v) is 9.97. The zero-order chi connectivity index (χ0) is 25.5. The Morgan fingerprint density at radius 2 is 1.86 bits per heavy atom. The highest BCUT2D eigenvalue weighted by atomic mass is 16.5. The molecule has 0 amide bonds. The molecular weight excluding hydrogens is 450 g/mol. The van der Waals surface area contributed by atoms with E-state index in [9.17, 15) is 9.90 Å². The number of carbonyl (C=O) groups is 1. The quantitative estimate of drug-likeness (QED) is 0.435. The standard InChI is InChI=1S/C31H37NO4/c1-22(2)25-10-12-29(35-3)28(18-25)21-32-14-5-4-6-15-36-30-13-11-26(31(33)34)19-27(30)17-23-8-7-9-24(16-23)20-32/h7-13,16,18-19,22H,4-6,14-15,17,20-21H2,1-3H3,(H,33,34). The Balaban J connectivity index is 1.62. The molecule has 190 valence electrons. The highest BCUT2D eigenvalue weighted by molar-refractivity contribution is 5.88. The zero-order valence-corrected chi connectivity index (χ0v) is 21.6. The van der Waals surface area contributed by atoms with Gasteiger partial charge in [0.2, 0.25) is 0 Å². The van der Waals surface area contributed by atoms with Crippen LogP contribution in [0.5, 0.6) is 11.5 Å². The summed E-state index contributed by atoms with van der Waals surface area (Å²) in [6.07, 6.45) is 3.75. The summed E-state index contributed by atoms with van der Waals surface area (Å²) in [6.45, 7) is 7.75. The fourth-order valence-electron chi connectivity index (χ4n) is 4.84. The summed E-state index contributed by atoms with van der Waals surface area (Å²) in [4.78, 5) is 14.1. The van der Waals surface area contributed by atoms with E-state index in [0.29, 0.717) is 24.5 Å². The van der Waals surface area contributed by atoms with Crippen molar-refractivity contribution in [1.29, 1.82) is 0 Å². The molecule has 0 radical (unpaired) electrons. The number of carboxylic acid groups (broad SMARTS) is 1. The first kappa shape index (κ1) is 25.8. The molecule has 0 atom stereocenters. The molecular formula is C31H37NO4. The van der Waals surface area contributed by atoms with Crippen LogP contribution < -0.4 is 9.47 Å². The Bertz CT molecular complexity index is 1190. The lowest BCUT2D eigenvalue weighted by Crippen LogP contribution is -2.24. The molecule has 0 fully saturated rings. The second kappa shape index (κ2) is 12.1. The van der Waals surface area contributed by atoms with Crippen molar-refractivity contribution in [2.45, 2.75) is 58.5 Å². The number of rotatable bonds is 5. The molecule has 0 saturated carbocycles. The van der Waals surface area contributed by atoms with Gasteiger partial charge >= 0.3 is 5.97 Å². The maximum atomic E-state index is 11.6. The maximum absolute atomic E-state index is 11.6. The number of aromatic carboxylic acids is 1. The molecule has 1 aliphatic rings. The van der Waals surface area contributed by atoms with Gasteiger partial charge in [-0.1, -0.05) is 50.2 Å². The van der Waals surface area contributed by atoms with Crippen LogP contribution in [0.1, 0.15) is 77.2 Å². The van der Waals surface area contributed by atoms with E-state index in [-0.39, 0.29) is 0 Å². The van der Waals surface area contributed by atoms with Gasteiger partial charge in [-0.3, -0.25) is 4.90 Å². The van der Waals surface area contributed by atoms with Gasteiger partial charge in [-0.25, -0.2) is 4.79 Å². The molecule has 3 aromatic rings. The number of hydrogen-bond acceptors (Lipinski definition) is 4. The summed E-state index contributed by atoms with van der Waals surface area (Å²) in [5.74, 6) is 1.27. The van der Waals surface area contributed by atoms with Crippen molar-refractivity contribution < 1.29 is 19.4 Å². The van der Waals surface area contributed by atoms with Crippen LogP contribution in [0, 0.1) is 0 Å². The molecule has 5 nitrogen and oxygen atoms in total. The molecule has 1 N–H and O–H groups in total. The number of carboxylic acids is 1. The average molecular weight is 488 g/mol. The summed E-state index contributed by atoms with van der Waals surface area (Å²) in [7, 11) is 1.74. The molecule has 1 heterocycles. The largest absolute Gasteiger partial charge is 0.496 e. The summed E-state index contributed by atoms with van der Waals surface area (Å²) in [5, 5.41) is 9.48. The van der Waals surface area contributed by atoms with E-state index in [0.717, 1.165) is 61.5 Å². The maximum Gasteiger partial charge on any atom is 0.335 e. The topological polar surface area (TPSA) is 59.0 Å². The van der Waals surface area contributed by atoms with Crippen molar-refractivity contribution in [3.63, 3.8) is 0 Å². The summed E-state index contributed by atoms with van der Waals surface area (Å²) in [5.41, 5.74) is 6.15. The van der Waals surface area contributed by atoms with Gasteiger partial charge in [0.25, 0.3) is 0 Å². The number of nitrogens with zero attached hydrogens (tertiary/aromatic N) is 1. The van der Waals surface area contributed by atoms with E-state index in [2.05, 4.69) is 61.2 Å². The Morgan fingerprint density at radius 3 is 2.64 bits per heavy atom. The SMILES string of the molecule is COc1ccc(C(C)C)cc1CN1CCCCCOc2ccc(C(=O)O)cc2Cc2cccc(c2)C1. The van der Waals surface area contributed by atoms with Crippen LogP contribution in [-0.4, -0.2) is 36.2 Å².